The van der Waals surface area contributed by atoms with Crippen LogP contribution in [0, 0.1) is 0 Å². The maximum Gasteiger partial charge on any atom is 0.120 e. The number of phenolic OH excluding ortho intramolecular Hbond substituents is 1. The van der Waals surface area contributed by atoms with Crippen LogP contribution < -0.4 is 10.1 Å². The molecule has 1 unspecified atom stereocenters. The fourth-order valence-electron chi connectivity index (χ4n) is 2.18. The fraction of sp³-hybridized carbons (Fsp3) is 0.333. The van der Waals surface area contributed by atoms with Gasteiger partial charge in [-0.1, -0.05) is 24.3 Å². The van der Waals surface area contributed by atoms with Gasteiger partial charge in [-0.25, -0.2) is 0 Å². The zero-order valence-electron chi connectivity index (χ0n) is 12.8. The predicted molar refractivity (Wildman–Crippen MR) is 85.6 cm³/mol. The topological polar surface area (TPSA) is 41.5 Å². The number of ether oxygens (including phenoxy) is 1. The molecule has 3 heteroatoms. The maximum absolute atomic E-state index is 9.52. The molecule has 3 nitrogen and oxygen atoms in total. The Labute approximate surface area is 126 Å². The molecule has 0 saturated heterocycles. The van der Waals surface area contributed by atoms with E-state index in [4.69, 9.17) is 4.74 Å². The summed E-state index contributed by atoms with van der Waals surface area (Å²) in [5, 5.41) is 13.0. The summed E-state index contributed by atoms with van der Waals surface area (Å²) in [5.41, 5.74) is 2.25. The molecule has 0 aliphatic carbocycles. The van der Waals surface area contributed by atoms with Gasteiger partial charge in [-0.3, -0.25) is 0 Å². The Morgan fingerprint density at radius 1 is 1.05 bits per heavy atom. The van der Waals surface area contributed by atoms with Crippen LogP contribution in [-0.2, 0) is 6.54 Å². The van der Waals surface area contributed by atoms with E-state index in [1.165, 1.54) is 5.56 Å². The monoisotopic (exact) mass is 285 g/mol. The summed E-state index contributed by atoms with van der Waals surface area (Å²) in [6.45, 7) is 6.89. The zero-order chi connectivity index (χ0) is 15.2. The third-order valence-electron chi connectivity index (χ3n) is 3.25. The van der Waals surface area contributed by atoms with Crippen LogP contribution in [0.25, 0.3) is 0 Å². The van der Waals surface area contributed by atoms with Crippen LogP contribution in [0.15, 0.2) is 48.5 Å². The first-order valence-corrected chi connectivity index (χ1v) is 7.32. The number of phenols is 1. The van der Waals surface area contributed by atoms with Crippen LogP contribution in [0.4, 0.5) is 0 Å². The Bertz CT molecular complexity index is 581. The number of nitrogens with one attached hydrogen (secondary N) is 1. The minimum absolute atomic E-state index is 0.173. The van der Waals surface area contributed by atoms with E-state index in [0.29, 0.717) is 5.75 Å². The number of hydrogen-bond donors (Lipinski definition) is 2. The third-order valence-corrected chi connectivity index (χ3v) is 3.25. The lowest BCUT2D eigenvalue weighted by molar-refractivity contribution is 0.242. The number of hydrogen-bond acceptors (Lipinski definition) is 3. The van der Waals surface area contributed by atoms with E-state index in [2.05, 4.69) is 24.4 Å². The molecule has 0 saturated carbocycles. The first-order valence-electron chi connectivity index (χ1n) is 7.32. The van der Waals surface area contributed by atoms with Gasteiger partial charge in [0.05, 0.1) is 6.10 Å². The minimum atomic E-state index is 0.173. The first kappa shape index (κ1) is 15.4. The van der Waals surface area contributed by atoms with Gasteiger partial charge >= 0.3 is 0 Å². The molecule has 2 rings (SSSR count). The smallest absolute Gasteiger partial charge is 0.120 e. The van der Waals surface area contributed by atoms with Crippen molar-refractivity contribution in [2.75, 3.05) is 0 Å². The van der Waals surface area contributed by atoms with Gasteiger partial charge in [0.1, 0.15) is 11.5 Å². The lowest BCUT2D eigenvalue weighted by Crippen LogP contribution is -2.18. The molecule has 0 radical (unpaired) electrons. The molecule has 0 bridgehead atoms. The van der Waals surface area contributed by atoms with Crippen molar-refractivity contribution in [1.82, 2.24) is 5.32 Å². The van der Waals surface area contributed by atoms with Gasteiger partial charge in [0.15, 0.2) is 0 Å². The summed E-state index contributed by atoms with van der Waals surface area (Å²) in [5.74, 6) is 1.20. The molecule has 0 heterocycles. The van der Waals surface area contributed by atoms with Gasteiger partial charge in [-0.05, 0) is 56.2 Å². The Balaban J connectivity index is 1.96. The van der Waals surface area contributed by atoms with Gasteiger partial charge in [-0.2, -0.15) is 0 Å². The van der Waals surface area contributed by atoms with Crippen LogP contribution in [-0.4, -0.2) is 11.2 Å². The third kappa shape index (κ3) is 4.80. The van der Waals surface area contributed by atoms with Gasteiger partial charge in [0.25, 0.3) is 0 Å². The fourth-order valence-corrected chi connectivity index (χ4v) is 2.18. The number of rotatable bonds is 6. The molecule has 2 N–H and O–H groups in total. The largest absolute Gasteiger partial charge is 0.508 e. The van der Waals surface area contributed by atoms with Crippen molar-refractivity contribution >= 4 is 0 Å². The van der Waals surface area contributed by atoms with E-state index < -0.39 is 0 Å². The Morgan fingerprint density at radius 3 is 2.52 bits per heavy atom. The highest BCUT2D eigenvalue weighted by atomic mass is 16.5. The molecule has 112 valence electrons. The normalized spacial score (nSPS) is 12.4. The van der Waals surface area contributed by atoms with Crippen LogP contribution in [0.3, 0.4) is 0 Å². The SMILES string of the molecule is CC(C)Oc1cccc(CNC(C)c2cccc(O)c2)c1. The molecule has 2 aromatic rings. The molecule has 21 heavy (non-hydrogen) atoms. The van der Waals surface area contributed by atoms with Gasteiger partial charge in [0.2, 0.25) is 0 Å². The molecule has 0 spiro atoms. The van der Waals surface area contributed by atoms with E-state index in [9.17, 15) is 5.11 Å². The quantitative estimate of drug-likeness (QED) is 0.842. The highest BCUT2D eigenvalue weighted by Gasteiger charge is 2.06. The van der Waals surface area contributed by atoms with Gasteiger partial charge in [0, 0.05) is 12.6 Å². The summed E-state index contributed by atoms with van der Waals surface area (Å²) in [7, 11) is 0. The van der Waals surface area contributed by atoms with Crippen molar-refractivity contribution in [3.05, 3.63) is 59.7 Å². The zero-order valence-corrected chi connectivity index (χ0v) is 12.8. The minimum Gasteiger partial charge on any atom is -0.508 e. The Hall–Kier alpha value is -2.00. The maximum atomic E-state index is 9.52. The second-order valence-corrected chi connectivity index (χ2v) is 5.51. The molecular formula is C18H23NO2. The van der Waals surface area contributed by atoms with E-state index in [1.807, 2.05) is 38.1 Å². The van der Waals surface area contributed by atoms with E-state index in [-0.39, 0.29) is 12.1 Å². The molecule has 0 amide bonds. The molecule has 0 fully saturated rings. The standard InChI is InChI=1S/C18H23NO2/c1-13(2)21-18-9-4-6-15(10-18)12-19-14(3)16-7-5-8-17(20)11-16/h4-11,13-14,19-20H,12H2,1-3H3. The Kier molecular flexibility index (Phi) is 5.23. The summed E-state index contributed by atoms with van der Waals surface area (Å²) in [4.78, 5) is 0. The van der Waals surface area contributed by atoms with Crippen molar-refractivity contribution in [2.45, 2.75) is 39.5 Å². The van der Waals surface area contributed by atoms with Crippen LogP contribution in [0.1, 0.15) is 37.9 Å². The van der Waals surface area contributed by atoms with Crippen LogP contribution in [0.5, 0.6) is 11.5 Å². The van der Waals surface area contributed by atoms with Crippen molar-refractivity contribution in [3.63, 3.8) is 0 Å². The van der Waals surface area contributed by atoms with E-state index >= 15 is 0 Å². The molecule has 0 aromatic heterocycles. The lowest BCUT2D eigenvalue weighted by Gasteiger charge is -2.15. The summed E-state index contributed by atoms with van der Waals surface area (Å²) in [6.07, 6.45) is 0.180. The average Bonchev–Trinajstić information content (AvgIpc) is 2.44. The van der Waals surface area contributed by atoms with Crippen LogP contribution in [0.2, 0.25) is 0 Å². The molecular weight excluding hydrogens is 262 g/mol. The molecule has 0 aliphatic rings. The number of benzene rings is 2. The second kappa shape index (κ2) is 7.14. The van der Waals surface area contributed by atoms with Gasteiger partial charge in [-0.15, -0.1) is 0 Å². The highest BCUT2D eigenvalue weighted by molar-refractivity contribution is 5.30. The molecule has 0 aliphatic heterocycles. The van der Waals surface area contributed by atoms with Crippen molar-refractivity contribution in [3.8, 4) is 11.5 Å². The predicted octanol–water partition coefficient (Wildman–Crippen LogP) is 4.03. The van der Waals surface area contributed by atoms with Crippen molar-refractivity contribution < 1.29 is 9.84 Å². The van der Waals surface area contributed by atoms with Crippen LogP contribution >= 0.6 is 0 Å². The van der Waals surface area contributed by atoms with E-state index in [1.54, 1.807) is 12.1 Å². The number of aromatic hydroxyl groups is 1. The summed E-state index contributed by atoms with van der Waals surface area (Å²) in [6, 6.07) is 15.6. The van der Waals surface area contributed by atoms with Crippen molar-refractivity contribution in [2.24, 2.45) is 0 Å². The Morgan fingerprint density at radius 2 is 1.81 bits per heavy atom. The first-order chi connectivity index (χ1) is 10.0. The van der Waals surface area contributed by atoms with Crippen molar-refractivity contribution in [1.29, 1.82) is 0 Å². The molecule has 1 atom stereocenters. The molecule has 2 aromatic carbocycles. The summed E-state index contributed by atoms with van der Waals surface area (Å²) < 4.78 is 5.70. The summed E-state index contributed by atoms with van der Waals surface area (Å²) >= 11 is 0. The van der Waals surface area contributed by atoms with E-state index in [0.717, 1.165) is 17.9 Å². The highest BCUT2D eigenvalue weighted by Crippen LogP contribution is 2.19. The van der Waals surface area contributed by atoms with Gasteiger partial charge < -0.3 is 15.2 Å². The second-order valence-electron chi connectivity index (χ2n) is 5.51. The lowest BCUT2D eigenvalue weighted by atomic mass is 10.1. The average molecular weight is 285 g/mol.